The molecule has 2 nitrogen and oxygen atoms in total. The molecule has 1 aromatic rings. The van der Waals surface area contributed by atoms with Crippen LogP contribution in [0.4, 0.5) is 0 Å². The molecule has 17 heavy (non-hydrogen) atoms. The Morgan fingerprint density at radius 1 is 1.53 bits per heavy atom. The summed E-state index contributed by atoms with van der Waals surface area (Å²) in [5, 5.41) is 5.23. The van der Waals surface area contributed by atoms with Crippen LogP contribution in [0.1, 0.15) is 43.5 Å². The molecule has 2 rings (SSSR count). The summed E-state index contributed by atoms with van der Waals surface area (Å²) in [4.78, 5) is 13.0. The van der Waals surface area contributed by atoms with Gasteiger partial charge in [-0.05, 0) is 43.2 Å². The van der Waals surface area contributed by atoms with E-state index in [1.165, 1.54) is 30.6 Å². The molecule has 1 N–H and O–H groups in total. The first kappa shape index (κ1) is 12.4. The molecule has 1 atom stereocenters. The minimum Gasteiger partial charge on any atom is -0.345 e. The Bertz CT molecular complexity index is 377. The fraction of sp³-hybridized carbons (Fsp3) is 0.500. The highest BCUT2D eigenvalue weighted by molar-refractivity contribution is 7.10. The Balaban J connectivity index is 2.09. The summed E-state index contributed by atoms with van der Waals surface area (Å²) in [7, 11) is 0. The van der Waals surface area contributed by atoms with E-state index in [9.17, 15) is 4.79 Å². The third kappa shape index (κ3) is 3.19. The molecule has 0 saturated heterocycles. The largest absolute Gasteiger partial charge is 0.345 e. The SMILES string of the molecule is CC=CC(=O)NC(c1cccs1)C1CCCC1. The van der Waals surface area contributed by atoms with Gasteiger partial charge in [0.25, 0.3) is 0 Å². The van der Waals surface area contributed by atoms with Crippen LogP contribution in [0.5, 0.6) is 0 Å². The molecule has 92 valence electrons. The van der Waals surface area contributed by atoms with Crippen LogP contribution in [0.2, 0.25) is 0 Å². The molecule has 1 aromatic heterocycles. The molecular weight excluding hydrogens is 230 g/mol. The number of carbonyl (C=O) groups excluding carboxylic acids is 1. The van der Waals surface area contributed by atoms with Crippen LogP contribution in [0, 0.1) is 5.92 Å². The smallest absolute Gasteiger partial charge is 0.244 e. The predicted octanol–water partition coefficient (Wildman–Crippen LogP) is 3.67. The standard InChI is InChI=1S/C14H19NOS/c1-2-6-13(16)15-14(11-7-3-4-8-11)12-9-5-10-17-12/h2,5-6,9-11,14H,3-4,7-8H2,1H3,(H,15,16). The lowest BCUT2D eigenvalue weighted by Gasteiger charge is -2.23. The van der Waals surface area contributed by atoms with Crippen molar-refractivity contribution in [2.45, 2.75) is 38.6 Å². The number of hydrogen-bond acceptors (Lipinski definition) is 2. The predicted molar refractivity (Wildman–Crippen MR) is 72.0 cm³/mol. The Labute approximate surface area is 107 Å². The third-order valence-electron chi connectivity index (χ3n) is 3.34. The number of amides is 1. The molecular formula is C14H19NOS. The summed E-state index contributed by atoms with van der Waals surface area (Å²) >= 11 is 1.74. The molecule has 0 radical (unpaired) electrons. The molecule has 0 aromatic carbocycles. The van der Waals surface area contributed by atoms with E-state index in [4.69, 9.17) is 0 Å². The number of nitrogens with one attached hydrogen (secondary N) is 1. The average Bonchev–Trinajstić information content (AvgIpc) is 3.00. The van der Waals surface area contributed by atoms with E-state index < -0.39 is 0 Å². The summed E-state index contributed by atoms with van der Waals surface area (Å²) in [6, 6.07) is 4.40. The summed E-state index contributed by atoms with van der Waals surface area (Å²) in [6.07, 6.45) is 8.46. The van der Waals surface area contributed by atoms with Gasteiger partial charge >= 0.3 is 0 Å². The number of thiophene rings is 1. The van der Waals surface area contributed by atoms with E-state index in [0.717, 1.165) is 0 Å². The second-order valence-corrected chi connectivity index (χ2v) is 5.53. The Hall–Kier alpha value is -1.09. The van der Waals surface area contributed by atoms with Crippen molar-refractivity contribution in [3.63, 3.8) is 0 Å². The van der Waals surface area contributed by atoms with Crippen molar-refractivity contribution in [1.82, 2.24) is 5.32 Å². The molecule has 0 spiro atoms. The average molecular weight is 249 g/mol. The molecule has 0 bridgehead atoms. The topological polar surface area (TPSA) is 29.1 Å². The van der Waals surface area contributed by atoms with Gasteiger partial charge < -0.3 is 5.32 Å². The first-order valence-electron chi connectivity index (χ1n) is 6.28. The van der Waals surface area contributed by atoms with Gasteiger partial charge in [0.05, 0.1) is 6.04 Å². The monoisotopic (exact) mass is 249 g/mol. The summed E-state index contributed by atoms with van der Waals surface area (Å²) in [6.45, 7) is 1.87. The van der Waals surface area contributed by atoms with Crippen molar-refractivity contribution >= 4 is 17.2 Å². The molecule has 1 aliphatic rings. The van der Waals surface area contributed by atoms with E-state index in [0.29, 0.717) is 5.92 Å². The quantitative estimate of drug-likeness (QED) is 0.810. The number of rotatable bonds is 4. The van der Waals surface area contributed by atoms with Crippen LogP contribution in [0.3, 0.4) is 0 Å². The fourth-order valence-electron chi connectivity index (χ4n) is 2.53. The highest BCUT2D eigenvalue weighted by Gasteiger charge is 2.27. The molecule has 1 unspecified atom stereocenters. The van der Waals surface area contributed by atoms with Gasteiger partial charge in [-0.2, -0.15) is 0 Å². The lowest BCUT2D eigenvalue weighted by molar-refractivity contribution is -0.117. The lowest BCUT2D eigenvalue weighted by atomic mass is 9.96. The van der Waals surface area contributed by atoms with Crippen LogP contribution < -0.4 is 5.32 Å². The second kappa shape index (κ2) is 6.01. The summed E-state index contributed by atoms with van der Waals surface area (Å²) in [5.41, 5.74) is 0. The van der Waals surface area contributed by atoms with E-state index in [-0.39, 0.29) is 11.9 Å². The highest BCUT2D eigenvalue weighted by atomic mass is 32.1. The van der Waals surface area contributed by atoms with E-state index in [1.54, 1.807) is 23.5 Å². The van der Waals surface area contributed by atoms with Crippen LogP contribution in [0.15, 0.2) is 29.7 Å². The van der Waals surface area contributed by atoms with E-state index in [2.05, 4.69) is 22.8 Å². The van der Waals surface area contributed by atoms with Gasteiger partial charge in [0.1, 0.15) is 0 Å². The number of carbonyl (C=O) groups is 1. The van der Waals surface area contributed by atoms with Crippen molar-refractivity contribution in [2.24, 2.45) is 5.92 Å². The molecule has 1 fully saturated rings. The molecule has 1 heterocycles. The van der Waals surface area contributed by atoms with Crippen molar-refractivity contribution in [1.29, 1.82) is 0 Å². The van der Waals surface area contributed by atoms with Crippen molar-refractivity contribution < 1.29 is 4.79 Å². The highest BCUT2D eigenvalue weighted by Crippen LogP contribution is 2.37. The Morgan fingerprint density at radius 3 is 2.88 bits per heavy atom. The normalized spacial score (nSPS) is 18.6. The van der Waals surface area contributed by atoms with Crippen LogP contribution in [0.25, 0.3) is 0 Å². The maximum absolute atomic E-state index is 11.7. The van der Waals surface area contributed by atoms with Gasteiger partial charge in [-0.15, -0.1) is 11.3 Å². The first-order valence-corrected chi connectivity index (χ1v) is 7.16. The summed E-state index contributed by atoms with van der Waals surface area (Å²) < 4.78 is 0. The van der Waals surface area contributed by atoms with Gasteiger partial charge in [-0.25, -0.2) is 0 Å². The Kier molecular flexibility index (Phi) is 4.37. The first-order chi connectivity index (χ1) is 8.31. The van der Waals surface area contributed by atoms with E-state index in [1.807, 2.05) is 6.92 Å². The zero-order chi connectivity index (χ0) is 12.1. The van der Waals surface area contributed by atoms with Crippen LogP contribution in [-0.2, 0) is 4.79 Å². The summed E-state index contributed by atoms with van der Waals surface area (Å²) in [5.74, 6) is 0.639. The maximum Gasteiger partial charge on any atom is 0.244 e. The minimum absolute atomic E-state index is 0.0257. The van der Waals surface area contributed by atoms with Gasteiger partial charge in [0, 0.05) is 4.88 Å². The lowest BCUT2D eigenvalue weighted by Crippen LogP contribution is -2.30. The van der Waals surface area contributed by atoms with E-state index >= 15 is 0 Å². The second-order valence-electron chi connectivity index (χ2n) is 4.55. The van der Waals surface area contributed by atoms with Crippen LogP contribution in [-0.4, -0.2) is 5.91 Å². The molecule has 1 amide bonds. The molecule has 1 saturated carbocycles. The van der Waals surface area contributed by atoms with Gasteiger partial charge in [-0.1, -0.05) is 25.0 Å². The third-order valence-corrected chi connectivity index (χ3v) is 4.29. The molecule has 3 heteroatoms. The number of hydrogen-bond donors (Lipinski definition) is 1. The van der Waals surface area contributed by atoms with Crippen LogP contribution >= 0.6 is 11.3 Å². The zero-order valence-electron chi connectivity index (χ0n) is 10.2. The van der Waals surface area contributed by atoms with Gasteiger partial charge in [-0.3, -0.25) is 4.79 Å². The maximum atomic E-state index is 11.7. The van der Waals surface area contributed by atoms with Crippen molar-refractivity contribution in [3.05, 3.63) is 34.5 Å². The van der Waals surface area contributed by atoms with Gasteiger partial charge in [0.15, 0.2) is 0 Å². The number of allylic oxidation sites excluding steroid dienone is 1. The molecule has 0 aliphatic heterocycles. The van der Waals surface area contributed by atoms with Crippen molar-refractivity contribution in [2.75, 3.05) is 0 Å². The minimum atomic E-state index is 0.0257. The molecule has 1 aliphatic carbocycles. The Morgan fingerprint density at radius 2 is 2.29 bits per heavy atom. The zero-order valence-corrected chi connectivity index (χ0v) is 11.0. The van der Waals surface area contributed by atoms with Crippen molar-refractivity contribution in [3.8, 4) is 0 Å². The van der Waals surface area contributed by atoms with Gasteiger partial charge in [0.2, 0.25) is 5.91 Å². The fourth-order valence-corrected chi connectivity index (χ4v) is 3.40.